The molecule has 1 aromatic rings. The molecule has 0 bridgehead atoms. The van der Waals surface area contributed by atoms with Crippen LogP contribution in [0.5, 0.6) is 0 Å². The van der Waals surface area contributed by atoms with Gasteiger partial charge in [-0.25, -0.2) is 0 Å². The number of aromatic nitrogens is 2. The van der Waals surface area contributed by atoms with E-state index in [1.165, 1.54) is 0 Å². The Bertz CT molecular complexity index is 351. The number of hydrogen-bond donors (Lipinski definition) is 1. The van der Waals surface area contributed by atoms with Crippen LogP contribution in [0, 0.1) is 0 Å². The third-order valence-corrected chi connectivity index (χ3v) is 2.46. The Morgan fingerprint density at radius 1 is 1.41 bits per heavy atom. The summed E-state index contributed by atoms with van der Waals surface area (Å²) >= 11 is 0. The quantitative estimate of drug-likeness (QED) is 0.742. The molecule has 0 aromatic carbocycles. The van der Waals surface area contributed by atoms with Gasteiger partial charge in [0.1, 0.15) is 0 Å². The third-order valence-electron chi connectivity index (χ3n) is 2.46. The lowest BCUT2D eigenvalue weighted by Crippen LogP contribution is -2.05. The largest absolute Gasteiger partial charge is 0.481 e. The molecule has 96 valence electrons. The highest BCUT2D eigenvalue weighted by Gasteiger charge is 2.08. The van der Waals surface area contributed by atoms with Crippen molar-refractivity contribution in [3.8, 4) is 0 Å². The van der Waals surface area contributed by atoms with Crippen LogP contribution in [0.4, 0.5) is 0 Å². The van der Waals surface area contributed by atoms with Gasteiger partial charge in [-0.3, -0.25) is 4.79 Å². The van der Waals surface area contributed by atoms with E-state index in [0.717, 1.165) is 6.42 Å². The molecule has 6 heteroatoms. The van der Waals surface area contributed by atoms with Gasteiger partial charge in [0, 0.05) is 26.4 Å². The standard InChI is InChI=1S/C11H18N2O4/c1-8(16-2)6-7-10-13-12-9(17-10)4-3-5-11(14)15/h8H,3-7H2,1-2H3,(H,14,15). The van der Waals surface area contributed by atoms with E-state index in [-0.39, 0.29) is 12.5 Å². The Morgan fingerprint density at radius 3 is 2.65 bits per heavy atom. The molecule has 0 radical (unpaired) electrons. The normalized spacial score (nSPS) is 12.6. The maximum absolute atomic E-state index is 10.3. The van der Waals surface area contributed by atoms with E-state index in [1.54, 1.807) is 7.11 Å². The zero-order chi connectivity index (χ0) is 12.7. The first-order valence-corrected chi connectivity index (χ1v) is 5.67. The topological polar surface area (TPSA) is 85.5 Å². The maximum atomic E-state index is 10.3. The van der Waals surface area contributed by atoms with Gasteiger partial charge in [-0.15, -0.1) is 10.2 Å². The van der Waals surface area contributed by atoms with Crippen molar-refractivity contribution in [3.63, 3.8) is 0 Å². The predicted molar refractivity (Wildman–Crippen MR) is 59.7 cm³/mol. The monoisotopic (exact) mass is 242 g/mol. The van der Waals surface area contributed by atoms with Gasteiger partial charge in [0.2, 0.25) is 11.8 Å². The van der Waals surface area contributed by atoms with Crippen molar-refractivity contribution in [3.05, 3.63) is 11.8 Å². The van der Waals surface area contributed by atoms with Crippen LogP contribution in [-0.4, -0.2) is 34.5 Å². The second-order valence-electron chi connectivity index (χ2n) is 3.92. The Morgan fingerprint density at radius 2 is 2.06 bits per heavy atom. The number of hydrogen-bond acceptors (Lipinski definition) is 5. The van der Waals surface area contributed by atoms with Crippen molar-refractivity contribution < 1.29 is 19.1 Å². The number of nitrogens with zero attached hydrogens (tertiary/aromatic N) is 2. The summed E-state index contributed by atoms with van der Waals surface area (Å²) in [5, 5.41) is 16.3. The predicted octanol–water partition coefficient (Wildman–Crippen LogP) is 1.44. The Balaban J connectivity index is 2.29. The molecule has 6 nitrogen and oxygen atoms in total. The van der Waals surface area contributed by atoms with Gasteiger partial charge < -0.3 is 14.3 Å². The van der Waals surface area contributed by atoms with E-state index >= 15 is 0 Å². The maximum Gasteiger partial charge on any atom is 0.303 e. The molecule has 1 rings (SSSR count). The van der Waals surface area contributed by atoms with Crippen LogP contribution in [0.25, 0.3) is 0 Å². The van der Waals surface area contributed by atoms with E-state index in [1.807, 2.05) is 6.92 Å². The summed E-state index contributed by atoms with van der Waals surface area (Å²) in [4.78, 5) is 10.3. The molecule has 0 aliphatic rings. The molecule has 1 atom stereocenters. The number of ether oxygens (including phenoxy) is 1. The molecule has 0 aliphatic carbocycles. The molecule has 0 spiro atoms. The second kappa shape index (κ2) is 7.01. The summed E-state index contributed by atoms with van der Waals surface area (Å²) in [5.74, 6) is 0.282. The van der Waals surface area contributed by atoms with Crippen molar-refractivity contribution >= 4 is 5.97 Å². The van der Waals surface area contributed by atoms with Crippen LogP contribution in [0.2, 0.25) is 0 Å². The summed E-state index contributed by atoms with van der Waals surface area (Å²) < 4.78 is 10.5. The second-order valence-corrected chi connectivity index (χ2v) is 3.92. The minimum Gasteiger partial charge on any atom is -0.481 e. The lowest BCUT2D eigenvalue weighted by molar-refractivity contribution is -0.137. The molecule has 0 aliphatic heterocycles. The lowest BCUT2D eigenvalue weighted by atomic mass is 10.2. The van der Waals surface area contributed by atoms with Crippen molar-refractivity contribution in [1.82, 2.24) is 10.2 Å². The minimum atomic E-state index is -0.807. The zero-order valence-corrected chi connectivity index (χ0v) is 10.2. The van der Waals surface area contributed by atoms with Crippen molar-refractivity contribution in [2.75, 3.05) is 7.11 Å². The molecule has 0 saturated carbocycles. The zero-order valence-electron chi connectivity index (χ0n) is 10.2. The fourth-order valence-corrected chi connectivity index (χ4v) is 1.33. The van der Waals surface area contributed by atoms with Gasteiger partial charge in [-0.05, 0) is 19.8 Å². The molecular formula is C11H18N2O4. The van der Waals surface area contributed by atoms with E-state index in [9.17, 15) is 4.79 Å². The lowest BCUT2D eigenvalue weighted by Gasteiger charge is -2.05. The van der Waals surface area contributed by atoms with Crippen LogP contribution >= 0.6 is 0 Å². The van der Waals surface area contributed by atoms with Gasteiger partial charge in [-0.2, -0.15) is 0 Å². The molecule has 1 N–H and O–H groups in total. The molecular weight excluding hydrogens is 224 g/mol. The third kappa shape index (κ3) is 5.44. The van der Waals surface area contributed by atoms with Crippen molar-refractivity contribution in [2.45, 2.75) is 45.1 Å². The van der Waals surface area contributed by atoms with Crippen LogP contribution in [-0.2, 0) is 22.4 Å². The van der Waals surface area contributed by atoms with Gasteiger partial charge in [0.15, 0.2) is 0 Å². The fraction of sp³-hybridized carbons (Fsp3) is 0.727. The summed E-state index contributed by atoms with van der Waals surface area (Å²) in [5.41, 5.74) is 0. The first-order chi connectivity index (χ1) is 8.11. The Labute approximate surface area is 100.0 Å². The number of aryl methyl sites for hydroxylation is 2. The SMILES string of the molecule is COC(C)CCc1nnc(CCCC(=O)O)o1. The van der Waals surface area contributed by atoms with Crippen molar-refractivity contribution in [2.24, 2.45) is 0 Å². The van der Waals surface area contributed by atoms with Crippen LogP contribution in [0.3, 0.4) is 0 Å². The number of methoxy groups -OCH3 is 1. The van der Waals surface area contributed by atoms with Gasteiger partial charge in [0.05, 0.1) is 6.10 Å². The summed E-state index contributed by atoms with van der Waals surface area (Å²) in [6, 6.07) is 0. The number of rotatable bonds is 8. The summed E-state index contributed by atoms with van der Waals surface area (Å²) in [7, 11) is 1.66. The van der Waals surface area contributed by atoms with Gasteiger partial charge in [0.25, 0.3) is 0 Å². The highest BCUT2D eigenvalue weighted by Crippen LogP contribution is 2.08. The van der Waals surface area contributed by atoms with Gasteiger partial charge in [-0.1, -0.05) is 0 Å². The van der Waals surface area contributed by atoms with Crippen LogP contribution in [0.15, 0.2) is 4.42 Å². The number of carboxylic acid groups (broad SMARTS) is 1. The van der Waals surface area contributed by atoms with E-state index in [0.29, 0.717) is 31.0 Å². The Kier molecular flexibility index (Phi) is 5.62. The molecule has 1 heterocycles. The van der Waals surface area contributed by atoms with E-state index in [2.05, 4.69) is 10.2 Å². The van der Waals surface area contributed by atoms with E-state index in [4.69, 9.17) is 14.3 Å². The fourth-order valence-electron chi connectivity index (χ4n) is 1.33. The van der Waals surface area contributed by atoms with E-state index < -0.39 is 5.97 Å². The van der Waals surface area contributed by atoms with Gasteiger partial charge >= 0.3 is 5.97 Å². The highest BCUT2D eigenvalue weighted by molar-refractivity contribution is 5.66. The minimum absolute atomic E-state index is 0.123. The number of aliphatic carboxylic acids is 1. The molecule has 0 amide bonds. The number of carboxylic acids is 1. The van der Waals surface area contributed by atoms with Crippen LogP contribution in [0.1, 0.15) is 38.0 Å². The summed E-state index contributed by atoms with van der Waals surface area (Å²) in [6.45, 7) is 1.98. The smallest absolute Gasteiger partial charge is 0.303 e. The summed E-state index contributed by atoms with van der Waals surface area (Å²) in [6.07, 6.45) is 2.83. The molecule has 1 unspecified atom stereocenters. The van der Waals surface area contributed by atoms with Crippen LogP contribution < -0.4 is 0 Å². The first kappa shape index (κ1) is 13.6. The van der Waals surface area contributed by atoms with Crippen molar-refractivity contribution in [1.29, 1.82) is 0 Å². The molecule has 17 heavy (non-hydrogen) atoms. The average molecular weight is 242 g/mol. The average Bonchev–Trinajstić information content (AvgIpc) is 2.73. The molecule has 0 fully saturated rings. The highest BCUT2D eigenvalue weighted by atomic mass is 16.5. The molecule has 0 saturated heterocycles. The number of carbonyl (C=O) groups is 1. The Hall–Kier alpha value is -1.43. The molecule has 1 aromatic heterocycles. The first-order valence-electron chi connectivity index (χ1n) is 5.67.